The van der Waals surface area contributed by atoms with Crippen LogP contribution in [0.5, 0.6) is 0 Å². The molecule has 2 N–H and O–H groups in total. The molecule has 158 valence electrons. The number of primary amides is 1. The molecular weight excluding hydrogens is 346 g/mol. The maximum Gasteiger partial charge on any atom is 0.404 e. The van der Waals surface area contributed by atoms with E-state index >= 15 is 0 Å². The molecule has 2 aliphatic rings. The molecule has 6 nitrogen and oxygen atoms in total. The first kappa shape index (κ1) is 22.4. The van der Waals surface area contributed by atoms with Gasteiger partial charge in [0.25, 0.3) is 0 Å². The highest BCUT2D eigenvalue weighted by atomic mass is 16.6. The average Bonchev–Trinajstić information content (AvgIpc) is 3.56. The fourth-order valence-electron chi connectivity index (χ4n) is 3.81. The molecule has 2 heterocycles. The molecule has 4 atom stereocenters. The van der Waals surface area contributed by atoms with E-state index in [0.29, 0.717) is 12.7 Å². The highest BCUT2D eigenvalue weighted by molar-refractivity contribution is 5.64. The lowest BCUT2D eigenvalue weighted by Crippen LogP contribution is -2.26. The van der Waals surface area contributed by atoms with Crippen molar-refractivity contribution in [1.82, 2.24) is 0 Å². The van der Waals surface area contributed by atoms with E-state index in [9.17, 15) is 4.79 Å². The molecule has 1 amide bonds. The Labute approximate surface area is 164 Å². The lowest BCUT2D eigenvalue weighted by atomic mass is 10.0. The summed E-state index contributed by atoms with van der Waals surface area (Å²) in [6.45, 7) is 1.29. The highest BCUT2D eigenvalue weighted by Gasteiger charge is 2.51. The van der Waals surface area contributed by atoms with Crippen molar-refractivity contribution in [2.45, 2.75) is 108 Å². The van der Waals surface area contributed by atoms with Gasteiger partial charge in [-0.3, -0.25) is 0 Å². The third-order valence-electron chi connectivity index (χ3n) is 5.57. The van der Waals surface area contributed by atoms with Crippen LogP contribution in [0.3, 0.4) is 0 Å². The molecule has 0 aromatic carbocycles. The van der Waals surface area contributed by atoms with Gasteiger partial charge in [-0.05, 0) is 12.8 Å². The van der Waals surface area contributed by atoms with Crippen LogP contribution in [0.4, 0.5) is 4.79 Å². The molecule has 6 heteroatoms. The van der Waals surface area contributed by atoms with Gasteiger partial charge in [-0.2, -0.15) is 0 Å². The van der Waals surface area contributed by atoms with Gasteiger partial charge in [0.05, 0.1) is 19.3 Å². The van der Waals surface area contributed by atoms with Gasteiger partial charge in [-0.15, -0.1) is 0 Å². The second-order valence-electron chi connectivity index (χ2n) is 7.91. The van der Waals surface area contributed by atoms with Crippen LogP contribution in [0.1, 0.15) is 83.5 Å². The smallest absolute Gasteiger partial charge is 0.404 e. The summed E-state index contributed by atoms with van der Waals surface area (Å²) >= 11 is 0. The van der Waals surface area contributed by atoms with Gasteiger partial charge in [0.2, 0.25) is 0 Å². The number of rotatable bonds is 18. The van der Waals surface area contributed by atoms with Gasteiger partial charge < -0.3 is 24.7 Å². The Morgan fingerprint density at radius 3 is 1.96 bits per heavy atom. The lowest BCUT2D eigenvalue weighted by molar-refractivity contribution is 0.0529. The molecule has 0 aromatic rings. The van der Waals surface area contributed by atoms with Gasteiger partial charge in [-0.25, -0.2) is 4.79 Å². The number of nitrogens with two attached hydrogens (primary N) is 1. The van der Waals surface area contributed by atoms with E-state index in [1.165, 1.54) is 70.6 Å². The number of hydrogen-bond donors (Lipinski definition) is 1. The van der Waals surface area contributed by atoms with Crippen LogP contribution in [0, 0.1) is 0 Å². The van der Waals surface area contributed by atoms with Crippen molar-refractivity contribution in [1.29, 1.82) is 0 Å². The minimum atomic E-state index is -0.663. The number of carbonyl (C=O) groups excluding carboxylic acids is 1. The van der Waals surface area contributed by atoms with Crippen LogP contribution in [0.25, 0.3) is 0 Å². The topological polar surface area (TPSA) is 86.6 Å². The fraction of sp³-hybridized carbons (Fsp3) is 0.952. The second-order valence-corrected chi connectivity index (χ2v) is 7.91. The number of carbonyl (C=O) groups is 1. The summed E-state index contributed by atoms with van der Waals surface area (Å²) in [6, 6.07) is 0. The van der Waals surface area contributed by atoms with Crippen molar-refractivity contribution < 1.29 is 23.7 Å². The minimum absolute atomic E-state index is 0.151. The number of amides is 1. The fourth-order valence-corrected chi connectivity index (χ4v) is 3.81. The monoisotopic (exact) mass is 385 g/mol. The molecule has 2 saturated heterocycles. The van der Waals surface area contributed by atoms with Crippen LogP contribution in [-0.4, -0.2) is 50.8 Å². The van der Waals surface area contributed by atoms with Crippen molar-refractivity contribution in [2.75, 3.05) is 20.3 Å². The molecular formula is C21H39NO5. The van der Waals surface area contributed by atoms with E-state index in [-0.39, 0.29) is 18.3 Å². The number of epoxide rings is 2. The third-order valence-corrected chi connectivity index (χ3v) is 5.57. The quantitative estimate of drug-likeness (QED) is 0.280. The number of methoxy groups -OCH3 is 1. The van der Waals surface area contributed by atoms with Crippen molar-refractivity contribution in [3.63, 3.8) is 0 Å². The van der Waals surface area contributed by atoms with Crippen LogP contribution in [0.2, 0.25) is 0 Å². The standard InChI is InChI=1S/C21H39NO5/c1-24-19(18-16-26-18)20-17(27-20)14-12-10-8-6-4-2-3-5-7-9-11-13-15-25-21(22)23/h17-20H,2-16H2,1H3,(H2,22,23). The maximum absolute atomic E-state index is 10.4. The summed E-state index contributed by atoms with van der Waals surface area (Å²) in [7, 11) is 1.76. The summed E-state index contributed by atoms with van der Waals surface area (Å²) in [6.07, 6.45) is 16.8. The summed E-state index contributed by atoms with van der Waals surface area (Å²) in [5.74, 6) is 0. The molecule has 0 radical (unpaired) electrons. The Kier molecular flexibility index (Phi) is 11.1. The summed E-state index contributed by atoms with van der Waals surface area (Å²) < 4.78 is 21.3. The Morgan fingerprint density at radius 2 is 1.48 bits per heavy atom. The van der Waals surface area contributed by atoms with E-state index < -0.39 is 6.09 Å². The van der Waals surface area contributed by atoms with Crippen molar-refractivity contribution in [3.05, 3.63) is 0 Å². The van der Waals surface area contributed by atoms with Crippen molar-refractivity contribution in [2.24, 2.45) is 5.73 Å². The minimum Gasteiger partial charge on any atom is -0.450 e. The predicted molar refractivity (Wildman–Crippen MR) is 105 cm³/mol. The van der Waals surface area contributed by atoms with E-state index in [0.717, 1.165) is 19.4 Å². The first-order valence-electron chi connectivity index (χ1n) is 10.9. The van der Waals surface area contributed by atoms with Crippen LogP contribution in [0.15, 0.2) is 0 Å². The van der Waals surface area contributed by atoms with E-state index in [1.54, 1.807) is 7.11 Å². The zero-order valence-electron chi connectivity index (χ0n) is 17.0. The Morgan fingerprint density at radius 1 is 0.963 bits per heavy atom. The molecule has 0 saturated carbocycles. The normalized spacial score (nSPS) is 24.6. The van der Waals surface area contributed by atoms with Gasteiger partial charge in [0, 0.05) is 7.11 Å². The van der Waals surface area contributed by atoms with Crippen LogP contribution < -0.4 is 5.73 Å². The molecule has 2 fully saturated rings. The van der Waals surface area contributed by atoms with Gasteiger partial charge >= 0.3 is 6.09 Å². The molecule has 2 rings (SSSR count). The Balaban J connectivity index is 1.25. The Hall–Kier alpha value is -0.850. The highest BCUT2D eigenvalue weighted by Crippen LogP contribution is 2.36. The molecule has 0 spiro atoms. The molecule has 2 aliphatic heterocycles. The molecule has 0 aromatic heterocycles. The molecule has 27 heavy (non-hydrogen) atoms. The zero-order valence-corrected chi connectivity index (χ0v) is 17.0. The summed E-state index contributed by atoms with van der Waals surface area (Å²) in [5, 5.41) is 0. The molecule has 0 bridgehead atoms. The number of unbranched alkanes of at least 4 members (excludes halogenated alkanes) is 11. The van der Waals surface area contributed by atoms with E-state index in [2.05, 4.69) is 0 Å². The van der Waals surface area contributed by atoms with Gasteiger partial charge in [0.1, 0.15) is 18.3 Å². The summed E-state index contributed by atoms with van der Waals surface area (Å²) in [5.41, 5.74) is 4.91. The maximum atomic E-state index is 10.4. The van der Waals surface area contributed by atoms with Crippen LogP contribution >= 0.6 is 0 Å². The van der Waals surface area contributed by atoms with Gasteiger partial charge in [0.15, 0.2) is 0 Å². The van der Waals surface area contributed by atoms with E-state index in [1.807, 2.05) is 0 Å². The SMILES string of the molecule is COC(C1CO1)C1OC1CCCCCCCCCCCCCCOC(N)=O. The van der Waals surface area contributed by atoms with E-state index in [4.69, 9.17) is 24.7 Å². The summed E-state index contributed by atoms with van der Waals surface area (Å²) in [4.78, 5) is 10.4. The molecule has 4 unspecified atom stereocenters. The van der Waals surface area contributed by atoms with Crippen molar-refractivity contribution >= 4 is 6.09 Å². The number of ether oxygens (including phenoxy) is 4. The predicted octanol–water partition coefficient (Wildman–Crippen LogP) is 4.33. The average molecular weight is 386 g/mol. The van der Waals surface area contributed by atoms with Gasteiger partial charge in [-0.1, -0.05) is 70.6 Å². The first-order valence-corrected chi connectivity index (χ1v) is 10.9. The molecule has 0 aliphatic carbocycles. The van der Waals surface area contributed by atoms with Crippen molar-refractivity contribution in [3.8, 4) is 0 Å². The second kappa shape index (κ2) is 13.3. The third kappa shape index (κ3) is 10.3. The first-order chi connectivity index (χ1) is 13.2. The number of hydrogen-bond acceptors (Lipinski definition) is 5. The Bertz CT molecular complexity index is 402. The zero-order chi connectivity index (χ0) is 19.3. The van der Waals surface area contributed by atoms with Crippen LogP contribution in [-0.2, 0) is 18.9 Å². The lowest BCUT2D eigenvalue weighted by Gasteiger charge is -2.08. The largest absolute Gasteiger partial charge is 0.450 e.